The van der Waals surface area contributed by atoms with E-state index in [1.54, 1.807) is 16.7 Å². The summed E-state index contributed by atoms with van der Waals surface area (Å²) >= 11 is 0. The van der Waals surface area contributed by atoms with Gasteiger partial charge in [0.2, 0.25) is 0 Å². The van der Waals surface area contributed by atoms with Crippen molar-refractivity contribution in [3.63, 3.8) is 0 Å². The molecule has 0 radical (unpaired) electrons. The standard InChI is InChI=1S/C21H27F3N2O4/c1-15(30-14-18-4-2-3-13-29-18)19(27)25-9-11-26(12-10-25)20(28)16-5-7-17(8-6-16)21(22,23)24/h5-8,15,18H,2-4,9-14H2,1H3. The van der Waals surface area contributed by atoms with Crippen molar-refractivity contribution in [2.75, 3.05) is 39.4 Å². The van der Waals surface area contributed by atoms with Crippen molar-refractivity contribution in [2.24, 2.45) is 0 Å². The lowest BCUT2D eigenvalue weighted by molar-refractivity contribution is -0.147. The second-order valence-corrected chi connectivity index (χ2v) is 7.66. The average molecular weight is 428 g/mol. The number of piperazine rings is 1. The number of amides is 2. The van der Waals surface area contributed by atoms with Gasteiger partial charge in [-0.2, -0.15) is 13.2 Å². The van der Waals surface area contributed by atoms with Crippen LogP contribution >= 0.6 is 0 Å². The normalized spacial score (nSPS) is 21.4. The first kappa shape index (κ1) is 22.6. The van der Waals surface area contributed by atoms with E-state index in [4.69, 9.17) is 9.47 Å². The number of nitrogens with zero attached hydrogens (tertiary/aromatic N) is 2. The van der Waals surface area contributed by atoms with E-state index >= 15 is 0 Å². The summed E-state index contributed by atoms with van der Waals surface area (Å²) in [4.78, 5) is 28.4. The predicted molar refractivity (Wildman–Crippen MR) is 103 cm³/mol. The van der Waals surface area contributed by atoms with Crippen molar-refractivity contribution in [3.8, 4) is 0 Å². The second kappa shape index (κ2) is 9.78. The van der Waals surface area contributed by atoms with Gasteiger partial charge in [0.25, 0.3) is 11.8 Å². The molecule has 0 saturated carbocycles. The van der Waals surface area contributed by atoms with E-state index in [2.05, 4.69) is 0 Å². The number of ether oxygens (including phenoxy) is 2. The highest BCUT2D eigenvalue weighted by atomic mass is 19.4. The summed E-state index contributed by atoms with van der Waals surface area (Å²) in [5.74, 6) is -0.470. The Bertz CT molecular complexity index is 725. The minimum atomic E-state index is -4.44. The number of hydrogen-bond donors (Lipinski definition) is 0. The van der Waals surface area contributed by atoms with Gasteiger partial charge in [0.1, 0.15) is 6.10 Å². The molecule has 2 aliphatic rings. The van der Waals surface area contributed by atoms with Crippen molar-refractivity contribution in [2.45, 2.75) is 44.6 Å². The lowest BCUT2D eigenvalue weighted by atomic mass is 10.1. The molecule has 166 valence electrons. The van der Waals surface area contributed by atoms with Crippen molar-refractivity contribution in [3.05, 3.63) is 35.4 Å². The number of benzene rings is 1. The van der Waals surface area contributed by atoms with Gasteiger partial charge in [0.05, 0.1) is 18.3 Å². The molecule has 1 aromatic carbocycles. The fourth-order valence-corrected chi connectivity index (χ4v) is 3.63. The van der Waals surface area contributed by atoms with Crippen molar-refractivity contribution in [1.29, 1.82) is 0 Å². The van der Waals surface area contributed by atoms with Gasteiger partial charge in [0, 0.05) is 38.3 Å². The first-order valence-electron chi connectivity index (χ1n) is 10.2. The molecular weight excluding hydrogens is 401 g/mol. The quantitative estimate of drug-likeness (QED) is 0.724. The molecule has 2 heterocycles. The van der Waals surface area contributed by atoms with E-state index in [0.717, 1.165) is 38.0 Å². The van der Waals surface area contributed by atoms with Crippen molar-refractivity contribution >= 4 is 11.8 Å². The fourth-order valence-electron chi connectivity index (χ4n) is 3.63. The smallest absolute Gasteiger partial charge is 0.376 e. The number of carbonyl (C=O) groups excluding carboxylic acids is 2. The molecular formula is C21H27F3N2O4. The molecule has 2 atom stereocenters. The molecule has 0 N–H and O–H groups in total. The number of carbonyl (C=O) groups is 2. The number of rotatable bonds is 5. The summed E-state index contributed by atoms with van der Waals surface area (Å²) in [5, 5.41) is 0. The third-order valence-electron chi connectivity index (χ3n) is 5.49. The van der Waals surface area contributed by atoms with Gasteiger partial charge in [-0.05, 0) is 50.5 Å². The maximum Gasteiger partial charge on any atom is 0.416 e. The van der Waals surface area contributed by atoms with E-state index in [9.17, 15) is 22.8 Å². The lowest BCUT2D eigenvalue weighted by Crippen LogP contribution is -2.53. The molecule has 30 heavy (non-hydrogen) atoms. The predicted octanol–water partition coefficient (Wildman–Crippen LogP) is 2.96. The molecule has 2 unspecified atom stereocenters. The van der Waals surface area contributed by atoms with E-state index < -0.39 is 17.8 Å². The molecule has 2 amide bonds. The molecule has 0 aliphatic carbocycles. The SMILES string of the molecule is CC(OCC1CCCCO1)C(=O)N1CCN(C(=O)c2ccc(C(F)(F)F)cc2)CC1. The highest BCUT2D eigenvalue weighted by Gasteiger charge is 2.31. The Morgan fingerprint density at radius 1 is 1.10 bits per heavy atom. The number of alkyl halides is 3. The summed E-state index contributed by atoms with van der Waals surface area (Å²) in [6.07, 6.45) is -1.90. The van der Waals surface area contributed by atoms with Gasteiger partial charge < -0.3 is 19.3 Å². The Morgan fingerprint density at radius 3 is 2.30 bits per heavy atom. The zero-order valence-electron chi connectivity index (χ0n) is 17.0. The van der Waals surface area contributed by atoms with Crippen LogP contribution < -0.4 is 0 Å². The summed E-state index contributed by atoms with van der Waals surface area (Å²) in [6, 6.07) is 4.18. The zero-order chi connectivity index (χ0) is 21.7. The van der Waals surface area contributed by atoms with Crippen LogP contribution in [-0.2, 0) is 20.4 Å². The summed E-state index contributed by atoms with van der Waals surface area (Å²) in [5.41, 5.74) is -0.589. The maximum absolute atomic E-state index is 12.7. The van der Waals surface area contributed by atoms with Crippen LogP contribution in [0.2, 0.25) is 0 Å². The van der Waals surface area contributed by atoms with Crippen LogP contribution in [0.25, 0.3) is 0 Å². The van der Waals surface area contributed by atoms with Crippen molar-refractivity contribution < 1.29 is 32.2 Å². The highest BCUT2D eigenvalue weighted by Crippen LogP contribution is 2.29. The molecule has 6 nitrogen and oxygen atoms in total. The number of halogens is 3. The second-order valence-electron chi connectivity index (χ2n) is 7.66. The molecule has 2 fully saturated rings. The van der Waals surface area contributed by atoms with Gasteiger partial charge in [-0.1, -0.05) is 0 Å². The Morgan fingerprint density at radius 2 is 1.73 bits per heavy atom. The molecule has 3 rings (SSSR count). The van der Waals surface area contributed by atoms with Gasteiger partial charge in [-0.15, -0.1) is 0 Å². The molecule has 2 saturated heterocycles. The molecule has 2 aliphatic heterocycles. The van der Waals surface area contributed by atoms with Gasteiger partial charge >= 0.3 is 6.18 Å². The minimum absolute atomic E-state index is 0.0344. The van der Waals surface area contributed by atoms with Crippen LogP contribution in [0, 0.1) is 0 Å². The summed E-state index contributed by atoms with van der Waals surface area (Å²) in [7, 11) is 0. The molecule has 0 spiro atoms. The Hall–Kier alpha value is -2.13. The minimum Gasteiger partial charge on any atom is -0.376 e. The Labute approximate surface area is 173 Å². The van der Waals surface area contributed by atoms with Crippen LogP contribution in [-0.4, -0.2) is 73.2 Å². The van der Waals surface area contributed by atoms with E-state index in [0.29, 0.717) is 32.8 Å². The molecule has 9 heteroatoms. The van der Waals surface area contributed by atoms with E-state index in [1.165, 1.54) is 12.1 Å². The molecule has 0 bridgehead atoms. The summed E-state index contributed by atoms with van der Waals surface area (Å²) < 4.78 is 49.3. The third-order valence-corrected chi connectivity index (χ3v) is 5.49. The topological polar surface area (TPSA) is 59.1 Å². The van der Waals surface area contributed by atoms with Crippen LogP contribution in [0.3, 0.4) is 0 Å². The summed E-state index contributed by atoms with van der Waals surface area (Å²) in [6.45, 7) is 4.20. The van der Waals surface area contributed by atoms with E-state index in [1.807, 2.05) is 0 Å². The average Bonchev–Trinajstić information content (AvgIpc) is 2.77. The highest BCUT2D eigenvalue weighted by molar-refractivity contribution is 5.94. The maximum atomic E-state index is 12.7. The Balaban J connectivity index is 1.46. The molecule has 0 aromatic heterocycles. The third kappa shape index (κ3) is 5.72. The number of hydrogen-bond acceptors (Lipinski definition) is 4. The van der Waals surface area contributed by atoms with E-state index in [-0.39, 0.29) is 23.5 Å². The largest absolute Gasteiger partial charge is 0.416 e. The fraction of sp³-hybridized carbons (Fsp3) is 0.619. The van der Waals surface area contributed by atoms with Gasteiger partial charge in [0.15, 0.2) is 0 Å². The van der Waals surface area contributed by atoms with Crippen LogP contribution in [0.1, 0.15) is 42.1 Å². The first-order chi connectivity index (χ1) is 14.3. The lowest BCUT2D eigenvalue weighted by Gasteiger charge is -2.36. The first-order valence-corrected chi connectivity index (χ1v) is 10.2. The van der Waals surface area contributed by atoms with Gasteiger partial charge in [-0.25, -0.2) is 0 Å². The van der Waals surface area contributed by atoms with Crippen molar-refractivity contribution in [1.82, 2.24) is 9.80 Å². The molecule has 1 aromatic rings. The van der Waals surface area contributed by atoms with Crippen LogP contribution in [0.4, 0.5) is 13.2 Å². The van der Waals surface area contributed by atoms with Gasteiger partial charge in [-0.3, -0.25) is 9.59 Å². The van der Waals surface area contributed by atoms with Crippen LogP contribution in [0.15, 0.2) is 24.3 Å². The Kier molecular flexibility index (Phi) is 7.36. The zero-order valence-corrected chi connectivity index (χ0v) is 17.0. The van der Waals surface area contributed by atoms with Crippen LogP contribution in [0.5, 0.6) is 0 Å². The monoisotopic (exact) mass is 428 g/mol.